The highest BCUT2D eigenvalue weighted by atomic mass is 16.3. The molecule has 1 heterocycles. The molecule has 0 atom stereocenters. The quantitative estimate of drug-likeness (QED) is 0.130. The topological polar surface area (TPSA) is 16.4 Å². The van der Waals surface area contributed by atoms with E-state index >= 15 is 0 Å². The van der Waals surface area contributed by atoms with Crippen LogP contribution in [0, 0.1) is 0 Å². The van der Waals surface area contributed by atoms with E-state index in [1.807, 2.05) is 42.5 Å². The highest BCUT2D eigenvalue weighted by Crippen LogP contribution is 2.43. The number of rotatable bonds is 5. The minimum absolute atomic E-state index is 0.327. The monoisotopic (exact) mass is 727 g/mol. The molecule has 0 amide bonds. The Morgan fingerprint density at radius 3 is 1.57 bits per heavy atom. The lowest BCUT2D eigenvalue weighted by Gasteiger charge is -2.34. The van der Waals surface area contributed by atoms with Crippen molar-refractivity contribution >= 4 is 135 Å². The summed E-state index contributed by atoms with van der Waals surface area (Å²) in [4.78, 5) is 2.12. The van der Waals surface area contributed by atoms with Crippen LogP contribution in [0.5, 0.6) is 0 Å². The molecule has 260 valence electrons. The summed E-state index contributed by atoms with van der Waals surface area (Å²) >= 11 is 0. The molecule has 0 aliphatic carbocycles. The summed E-state index contributed by atoms with van der Waals surface area (Å²) in [6.45, 7) is 0. The lowest BCUT2D eigenvalue weighted by atomic mass is 9.64. The van der Waals surface area contributed by atoms with E-state index < -0.39 is 0 Å². The van der Waals surface area contributed by atoms with E-state index in [-0.39, 0.29) is 0 Å². The zero-order chi connectivity index (χ0) is 39.1. The van der Waals surface area contributed by atoms with Gasteiger partial charge in [0.25, 0.3) is 0 Å². The normalized spacial score (nSPS) is 11.7. The molecule has 11 rings (SSSR count). The molecule has 1 aromatic heterocycles. The first-order valence-electron chi connectivity index (χ1n) is 19.3. The van der Waals surface area contributed by atoms with Crippen molar-refractivity contribution in [2.24, 2.45) is 0 Å². The maximum atomic E-state index is 7.27. The van der Waals surface area contributed by atoms with Crippen molar-refractivity contribution < 1.29 is 4.42 Å². The highest BCUT2D eigenvalue weighted by Gasteiger charge is 2.25. The Bertz CT molecular complexity index is 3430. The van der Waals surface area contributed by atoms with Crippen LogP contribution in [-0.4, -0.2) is 31.4 Å². The zero-order valence-corrected chi connectivity index (χ0v) is 31.4. The van der Waals surface area contributed by atoms with Crippen molar-refractivity contribution in [2.75, 3.05) is 4.90 Å². The first kappa shape index (κ1) is 34.4. The maximum Gasteiger partial charge on any atom is 0.136 e. The Balaban J connectivity index is 1.16. The third kappa shape index (κ3) is 5.18. The molecule has 8 radical (unpaired) electrons. The lowest BCUT2D eigenvalue weighted by molar-refractivity contribution is 0.669. The molecule has 2 nitrogen and oxygen atoms in total. The number of fused-ring (bicyclic) bond motifs is 9. The zero-order valence-electron chi connectivity index (χ0n) is 31.4. The van der Waals surface area contributed by atoms with Crippen molar-refractivity contribution in [3.8, 4) is 22.3 Å². The highest BCUT2D eigenvalue weighted by molar-refractivity contribution is 6.63. The SMILES string of the molecule is [B]c1c([B])c(N(c2ccc(-c3cc4ccccc4c4ccccc34)cc2)c2cc3ccccc3c3ccccc23)c([B])c([B])c1-c1cccc2oc3ccccc3c12. The fourth-order valence-electron chi connectivity index (χ4n) is 9.02. The largest absolute Gasteiger partial charge is 0.456 e. The van der Waals surface area contributed by atoms with Gasteiger partial charge in [0, 0.05) is 27.5 Å². The molecule has 0 fully saturated rings. The van der Waals surface area contributed by atoms with Gasteiger partial charge in [0.05, 0.1) is 5.69 Å². The minimum Gasteiger partial charge on any atom is -0.456 e. The van der Waals surface area contributed by atoms with Gasteiger partial charge in [-0.2, -0.15) is 0 Å². The van der Waals surface area contributed by atoms with Crippen molar-refractivity contribution in [1.82, 2.24) is 0 Å². The molecule has 0 aliphatic heterocycles. The van der Waals surface area contributed by atoms with E-state index in [1.54, 1.807) is 0 Å². The fraction of sp³-hybridized carbons (Fsp3) is 0. The van der Waals surface area contributed by atoms with Gasteiger partial charge in [-0.1, -0.05) is 161 Å². The van der Waals surface area contributed by atoms with Crippen LogP contribution in [0.3, 0.4) is 0 Å². The molecule has 0 saturated heterocycles. The predicted octanol–water partition coefficient (Wildman–Crippen LogP) is 10.2. The molecule has 58 heavy (non-hydrogen) atoms. The Kier molecular flexibility index (Phi) is 7.91. The number of hydrogen-bond acceptors (Lipinski definition) is 2. The molecule has 11 aromatic rings. The average Bonchev–Trinajstić information content (AvgIpc) is 3.66. The molecule has 0 aliphatic rings. The molecule has 10 aromatic carbocycles. The summed E-state index contributed by atoms with van der Waals surface area (Å²) in [6.07, 6.45) is 0. The van der Waals surface area contributed by atoms with Crippen LogP contribution >= 0.6 is 0 Å². The van der Waals surface area contributed by atoms with E-state index in [1.165, 1.54) is 21.5 Å². The third-order valence-electron chi connectivity index (χ3n) is 11.7. The summed E-state index contributed by atoms with van der Waals surface area (Å²) in [5.74, 6) is 0. The summed E-state index contributed by atoms with van der Waals surface area (Å²) in [7, 11) is 28.9. The molecule has 0 spiro atoms. The summed E-state index contributed by atoms with van der Waals surface area (Å²) < 4.78 is 6.24. The van der Waals surface area contributed by atoms with Gasteiger partial charge < -0.3 is 9.32 Å². The van der Waals surface area contributed by atoms with Crippen molar-refractivity contribution in [2.45, 2.75) is 0 Å². The number of anilines is 3. The lowest BCUT2D eigenvalue weighted by Crippen LogP contribution is -2.46. The second kappa shape index (κ2) is 13.4. The van der Waals surface area contributed by atoms with Gasteiger partial charge in [0.2, 0.25) is 0 Å². The van der Waals surface area contributed by atoms with Gasteiger partial charge >= 0.3 is 0 Å². The molecular weight excluding hydrogens is 698 g/mol. The van der Waals surface area contributed by atoms with Gasteiger partial charge in [-0.3, -0.25) is 0 Å². The Morgan fingerprint density at radius 1 is 0.379 bits per heavy atom. The van der Waals surface area contributed by atoms with Crippen LogP contribution in [0.25, 0.3) is 87.3 Å². The smallest absolute Gasteiger partial charge is 0.136 e. The van der Waals surface area contributed by atoms with E-state index in [4.69, 9.17) is 35.8 Å². The summed E-state index contributed by atoms with van der Waals surface area (Å²) in [5, 5.41) is 11.0. The average molecular weight is 727 g/mol. The van der Waals surface area contributed by atoms with E-state index in [2.05, 4.69) is 138 Å². The molecule has 0 saturated carbocycles. The Hall–Kier alpha value is -6.90. The van der Waals surface area contributed by atoms with E-state index in [0.717, 1.165) is 71.5 Å². The molecule has 6 heteroatoms. The maximum absolute atomic E-state index is 7.27. The first-order valence-corrected chi connectivity index (χ1v) is 19.3. The van der Waals surface area contributed by atoms with Crippen LogP contribution in [0.2, 0.25) is 0 Å². The standard InChI is InChI=1S/C52H29B4NO/c53-48-47(41-21-11-23-45-46(41)40-20-9-10-22-44(40)58-45)49(54)51(56)52(50(48)55)57(43-29-32-13-2-4-15-35(32)37-17-7-8-19-39(37)43)33-26-24-30(25-27-33)42-28-31-12-1-3-14-34(31)36-16-5-6-18-38(36)42/h1-29H. The molecule has 0 unspecified atom stereocenters. The van der Waals surface area contributed by atoms with E-state index in [9.17, 15) is 0 Å². The minimum atomic E-state index is 0.327. The number of benzene rings is 10. The summed E-state index contributed by atoms with van der Waals surface area (Å²) in [6, 6.07) is 60.8. The summed E-state index contributed by atoms with van der Waals surface area (Å²) in [5.41, 5.74) is 8.72. The number of para-hydroxylation sites is 1. The van der Waals surface area contributed by atoms with Crippen LogP contribution in [0.1, 0.15) is 0 Å². The van der Waals surface area contributed by atoms with Gasteiger partial charge in [0.1, 0.15) is 42.6 Å². The second-order valence-electron chi connectivity index (χ2n) is 14.9. The van der Waals surface area contributed by atoms with Crippen molar-refractivity contribution in [3.63, 3.8) is 0 Å². The third-order valence-corrected chi connectivity index (χ3v) is 11.7. The van der Waals surface area contributed by atoms with Crippen molar-refractivity contribution in [1.29, 1.82) is 0 Å². The van der Waals surface area contributed by atoms with Crippen LogP contribution in [-0.2, 0) is 0 Å². The van der Waals surface area contributed by atoms with Gasteiger partial charge in [0.15, 0.2) is 0 Å². The van der Waals surface area contributed by atoms with Gasteiger partial charge in [-0.25, -0.2) is 0 Å². The molecule has 0 N–H and O–H groups in total. The van der Waals surface area contributed by atoms with Crippen LogP contribution in [0.15, 0.2) is 180 Å². The molecule has 0 bridgehead atoms. The Morgan fingerprint density at radius 2 is 0.897 bits per heavy atom. The second-order valence-corrected chi connectivity index (χ2v) is 14.9. The Labute approximate surface area is 341 Å². The van der Waals surface area contributed by atoms with Gasteiger partial charge in [-0.15, -0.1) is 0 Å². The number of hydrogen-bond donors (Lipinski definition) is 0. The molecular formula is C52H29B4NO. The number of nitrogens with zero attached hydrogens (tertiary/aromatic N) is 1. The van der Waals surface area contributed by atoms with E-state index in [0.29, 0.717) is 33.1 Å². The fourth-order valence-corrected chi connectivity index (χ4v) is 9.02. The van der Waals surface area contributed by atoms with Gasteiger partial charge in [-0.05, 0) is 96.4 Å². The van der Waals surface area contributed by atoms with Crippen LogP contribution in [0.4, 0.5) is 17.1 Å². The van der Waals surface area contributed by atoms with Crippen LogP contribution < -0.4 is 26.8 Å². The number of furan rings is 1. The van der Waals surface area contributed by atoms with Crippen molar-refractivity contribution in [3.05, 3.63) is 176 Å². The predicted molar refractivity (Wildman–Crippen MR) is 251 cm³/mol. The first-order chi connectivity index (χ1) is 28.5.